The Kier molecular flexibility index (Phi) is 6.19. The number of halogens is 3. The van der Waals surface area contributed by atoms with Crippen LogP contribution in [-0.4, -0.2) is 48.1 Å². The summed E-state index contributed by atoms with van der Waals surface area (Å²) >= 11 is 5.82. The summed E-state index contributed by atoms with van der Waals surface area (Å²) < 4.78 is 29.6. The van der Waals surface area contributed by atoms with Crippen molar-refractivity contribution in [2.45, 2.75) is 19.3 Å². The highest BCUT2D eigenvalue weighted by molar-refractivity contribution is 6.30. The Balaban J connectivity index is 2.06. The minimum Gasteiger partial charge on any atom is -0.485 e. The molecular weight excluding hydrogens is 346 g/mol. The maximum absolute atomic E-state index is 12.3. The number of carbonyl (C=O) groups is 2. The summed E-state index contributed by atoms with van der Waals surface area (Å²) in [7, 11) is 0. The van der Waals surface area contributed by atoms with E-state index in [4.69, 9.17) is 21.4 Å². The van der Waals surface area contributed by atoms with Crippen LogP contribution in [0.4, 0.5) is 19.3 Å². The minimum absolute atomic E-state index is 0.0305. The SMILES string of the molecule is O=C(O)C1CCCN(C(=O)Nc2ccc(Cl)cc2OCC(F)F)C1. The first-order valence-corrected chi connectivity index (χ1v) is 7.74. The Labute approximate surface area is 142 Å². The molecule has 0 aliphatic carbocycles. The van der Waals surface area contributed by atoms with Crippen LogP contribution in [-0.2, 0) is 4.79 Å². The number of rotatable bonds is 5. The molecule has 0 aromatic heterocycles. The number of ether oxygens (including phenoxy) is 1. The van der Waals surface area contributed by atoms with Crippen molar-refractivity contribution in [2.24, 2.45) is 5.92 Å². The van der Waals surface area contributed by atoms with Gasteiger partial charge in [0.25, 0.3) is 6.43 Å². The van der Waals surface area contributed by atoms with Crippen molar-refractivity contribution in [2.75, 3.05) is 25.0 Å². The van der Waals surface area contributed by atoms with E-state index in [9.17, 15) is 18.4 Å². The van der Waals surface area contributed by atoms with Crippen LogP contribution in [0.3, 0.4) is 0 Å². The smallest absolute Gasteiger partial charge is 0.321 e. The summed E-state index contributed by atoms with van der Waals surface area (Å²) in [6.07, 6.45) is -1.56. The monoisotopic (exact) mass is 362 g/mol. The Morgan fingerprint density at radius 3 is 2.88 bits per heavy atom. The molecule has 0 spiro atoms. The fraction of sp³-hybridized carbons (Fsp3) is 0.467. The van der Waals surface area contributed by atoms with Gasteiger partial charge >= 0.3 is 12.0 Å². The predicted molar refractivity (Wildman–Crippen MR) is 83.9 cm³/mol. The fourth-order valence-corrected chi connectivity index (χ4v) is 2.59. The highest BCUT2D eigenvalue weighted by Crippen LogP contribution is 2.29. The summed E-state index contributed by atoms with van der Waals surface area (Å²) in [5.74, 6) is -1.52. The van der Waals surface area contributed by atoms with Crippen LogP contribution < -0.4 is 10.1 Å². The van der Waals surface area contributed by atoms with Crippen LogP contribution in [0.15, 0.2) is 18.2 Å². The number of piperidine rings is 1. The molecule has 1 heterocycles. The van der Waals surface area contributed by atoms with E-state index in [-0.39, 0.29) is 23.0 Å². The number of hydrogen-bond acceptors (Lipinski definition) is 3. The zero-order chi connectivity index (χ0) is 17.7. The average molecular weight is 363 g/mol. The number of carboxylic acids is 1. The lowest BCUT2D eigenvalue weighted by molar-refractivity contribution is -0.143. The summed E-state index contributed by atoms with van der Waals surface area (Å²) in [4.78, 5) is 24.7. The van der Waals surface area contributed by atoms with Gasteiger partial charge in [-0.05, 0) is 25.0 Å². The lowest BCUT2D eigenvalue weighted by atomic mass is 9.99. The third-order valence-corrected chi connectivity index (χ3v) is 3.84. The Morgan fingerprint density at radius 2 is 2.21 bits per heavy atom. The molecule has 1 aromatic carbocycles. The quantitative estimate of drug-likeness (QED) is 0.842. The molecule has 2 rings (SSSR count). The third kappa shape index (κ3) is 4.95. The van der Waals surface area contributed by atoms with Gasteiger partial charge in [0.1, 0.15) is 12.4 Å². The first kappa shape index (κ1) is 18.3. The second-order valence-corrected chi connectivity index (χ2v) is 5.83. The van der Waals surface area contributed by atoms with Crippen molar-refractivity contribution in [3.05, 3.63) is 23.2 Å². The molecule has 24 heavy (non-hydrogen) atoms. The van der Waals surface area contributed by atoms with E-state index in [1.165, 1.54) is 23.1 Å². The molecule has 1 aromatic rings. The van der Waals surface area contributed by atoms with Gasteiger partial charge in [0.05, 0.1) is 11.6 Å². The Morgan fingerprint density at radius 1 is 1.46 bits per heavy atom. The Hall–Kier alpha value is -2.09. The van der Waals surface area contributed by atoms with Gasteiger partial charge in [-0.2, -0.15) is 0 Å². The van der Waals surface area contributed by atoms with Crippen molar-refractivity contribution >= 4 is 29.3 Å². The molecule has 0 bridgehead atoms. The van der Waals surface area contributed by atoms with E-state index in [1.807, 2.05) is 0 Å². The van der Waals surface area contributed by atoms with Crippen molar-refractivity contribution in [1.82, 2.24) is 4.90 Å². The molecule has 0 saturated carbocycles. The first-order chi connectivity index (χ1) is 11.4. The number of hydrogen-bond donors (Lipinski definition) is 2. The second-order valence-electron chi connectivity index (χ2n) is 5.40. The molecule has 1 unspecified atom stereocenters. The number of likely N-dealkylation sites (tertiary alicyclic amines) is 1. The summed E-state index contributed by atoms with van der Waals surface area (Å²) in [5, 5.41) is 11.9. The number of amides is 2. The van der Waals surface area contributed by atoms with Gasteiger partial charge in [-0.3, -0.25) is 4.79 Å². The van der Waals surface area contributed by atoms with Crippen LogP contribution in [0.5, 0.6) is 5.75 Å². The normalized spacial score (nSPS) is 17.7. The van der Waals surface area contributed by atoms with Crippen LogP contribution >= 0.6 is 11.6 Å². The third-order valence-electron chi connectivity index (χ3n) is 3.61. The summed E-state index contributed by atoms with van der Waals surface area (Å²) in [6.45, 7) is -0.299. The number of carbonyl (C=O) groups excluding carboxylic acids is 1. The van der Waals surface area contributed by atoms with E-state index in [0.717, 1.165) is 0 Å². The molecule has 2 amide bonds. The molecule has 0 radical (unpaired) electrons. The van der Waals surface area contributed by atoms with Crippen molar-refractivity contribution < 1.29 is 28.2 Å². The maximum atomic E-state index is 12.3. The van der Waals surface area contributed by atoms with Gasteiger partial charge in [0.2, 0.25) is 0 Å². The Bertz CT molecular complexity index is 615. The number of nitrogens with zero attached hydrogens (tertiary/aromatic N) is 1. The van der Waals surface area contributed by atoms with Crippen molar-refractivity contribution in [3.63, 3.8) is 0 Å². The van der Waals surface area contributed by atoms with E-state index in [2.05, 4.69) is 5.32 Å². The zero-order valence-corrected chi connectivity index (χ0v) is 13.4. The molecular formula is C15H17ClF2N2O4. The van der Waals surface area contributed by atoms with Crippen molar-refractivity contribution in [1.29, 1.82) is 0 Å². The maximum Gasteiger partial charge on any atom is 0.321 e. The van der Waals surface area contributed by atoms with Gasteiger partial charge in [-0.25, -0.2) is 13.6 Å². The predicted octanol–water partition coefficient (Wildman–Crippen LogP) is 3.31. The molecule has 1 fully saturated rings. The molecule has 9 heteroatoms. The van der Waals surface area contributed by atoms with Crippen molar-refractivity contribution in [3.8, 4) is 5.75 Å². The van der Waals surface area contributed by atoms with Gasteiger partial charge < -0.3 is 20.1 Å². The largest absolute Gasteiger partial charge is 0.485 e. The summed E-state index contributed by atoms with van der Waals surface area (Å²) in [6, 6.07) is 3.75. The lowest BCUT2D eigenvalue weighted by Crippen LogP contribution is -2.44. The number of carboxylic acid groups (broad SMARTS) is 1. The van der Waals surface area contributed by atoms with E-state index < -0.39 is 31.0 Å². The van der Waals surface area contributed by atoms with E-state index in [0.29, 0.717) is 19.4 Å². The molecule has 6 nitrogen and oxygen atoms in total. The van der Waals surface area contributed by atoms with Crippen LogP contribution in [0, 0.1) is 5.92 Å². The standard InChI is InChI=1S/C15H17ClF2N2O4/c16-10-3-4-11(12(6-10)24-8-13(17)18)19-15(23)20-5-1-2-9(7-20)14(21)22/h3-4,6,9,13H,1-2,5,7-8H2,(H,19,23)(H,21,22). The van der Waals surface area contributed by atoms with Gasteiger partial charge in [0, 0.05) is 24.2 Å². The molecule has 1 saturated heterocycles. The highest BCUT2D eigenvalue weighted by atomic mass is 35.5. The minimum atomic E-state index is -2.66. The average Bonchev–Trinajstić information content (AvgIpc) is 2.55. The lowest BCUT2D eigenvalue weighted by Gasteiger charge is -2.30. The van der Waals surface area contributed by atoms with Crippen LogP contribution in [0.1, 0.15) is 12.8 Å². The highest BCUT2D eigenvalue weighted by Gasteiger charge is 2.28. The number of urea groups is 1. The van der Waals surface area contributed by atoms with Gasteiger partial charge in [0.15, 0.2) is 0 Å². The number of anilines is 1. The number of alkyl halides is 2. The second kappa shape index (κ2) is 8.14. The van der Waals surface area contributed by atoms with Crippen LogP contribution in [0.2, 0.25) is 5.02 Å². The topological polar surface area (TPSA) is 78.9 Å². The van der Waals surface area contributed by atoms with Crippen LogP contribution in [0.25, 0.3) is 0 Å². The molecule has 1 aliphatic heterocycles. The van der Waals surface area contributed by atoms with E-state index >= 15 is 0 Å². The first-order valence-electron chi connectivity index (χ1n) is 7.36. The number of aliphatic carboxylic acids is 1. The number of nitrogens with one attached hydrogen (secondary N) is 1. The number of benzene rings is 1. The zero-order valence-electron chi connectivity index (χ0n) is 12.7. The van der Waals surface area contributed by atoms with E-state index in [1.54, 1.807) is 0 Å². The summed E-state index contributed by atoms with van der Waals surface area (Å²) in [5.41, 5.74) is 0.197. The fourth-order valence-electron chi connectivity index (χ4n) is 2.43. The molecule has 1 atom stereocenters. The molecule has 2 N–H and O–H groups in total. The molecule has 132 valence electrons. The van der Waals surface area contributed by atoms with Gasteiger partial charge in [-0.15, -0.1) is 0 Å². The van der Waals surface area contributed by atoms with Gasteiger partial charge in [-0.1, -0.05) is 11.6 Å². The molecule has 1 aliphatic rings.